The molecule has 2 heterocycles. The molecule has 1 aromatic carbocycles. The lowest BCUT2D eigenvalue weighted by Gasteiger charge is -2.27. The lowest BCUT2D eigenvalue weighted by atomic mass is 10.1. The van der Waals surface area contributed by atoms with Gasteiger partial charge in [0.2, 0.25) is 11.7 Å². The number of aromatic nitrogens is 2. The summed E-state index contributed by atoms with van der Waals surface area (Å²) in [4.78, 5) is 6.65. The zero-order valence-electron chi connectivity index (χ0n) is 13.3. The first-order valence-corrected chi connectivity index (χ1v) is 8.13. The highest BCUT2D eigenvalue weighted by Gasteiger charge is 2.28. The van der Waals surface area contributed by atoms with Gasteiger partial charge in [-0.05, 0) is 30.0 Å². The molecule has 1 unspecified atom stereocenters. The fourth-order valence-corrected chi connectivity index (χ4v) is 3.39. The smallest absolute Gasteiger partial charge is 0.241 e. The maximum Gasteiger partial charge on any atom is 0.241 e. The van der Waals surface area contributed by atoms with Crippen LogP contribution in [0, 0.1) is 0 Å². The Kier molecular flexibility index (Phi) is 4.15. The lowest BCUT2D eigenvalue weighted by Crippen LogP contribution is -2.30. The van der Waals surface area contributed by atoms with Gasteiger partial charge in [-0.25, -0.2) is 0 Å². The highest BCUT2D eigenvalue weighted by molar-refractivity contribution is 5.51. The van der Waals surface area contributed by atoms with Crippen molar-refractivity contribution in [1.29, 1.82) is 0 Å². The van der Waals surface area contributed by atoms with E-state index in [-0.39, 0.29) is 12.6 Å². The number of aliphatic hydroxyl groups excluding tert-OH is 1. The van der Waals surface area contributed by atoms with Gasteiger partial charge < -0.3 is 14.0 Å². The van der Waals surface area contributed by atoms with Crippen molar-refractivity contribution in [3.63, 3.8) is 0 Å². The summed E-state index contributed by atoms with van der Waals surface area (Å²) in [6.07, 6.45) is 5.28. The molecule has 1 aliphatic rings. The third kappa shape index (κ3) is 2.86. The largest absolute Gasteiger partial charge is 0.472 e. The molecule has 0 amide bonds. The van der Waals surface area contributed by atoms with E-state index in [1.165, 1.54) is 11.1 Å². The second-order valence-corrected chi connectivity index (χ2v) is 5.97. The first-order valence-electron chi connectivity index (χ1n) is 8.13. The standard InChI is InChI=1S/C18H19N3O3/c22-9-8-21(16-6-5-13-3-1-2-4-15(13)16)11-17-19-18(20-24-17)14-7-10-23-12-14/h1-4,7,10,12,16,22H,5-6,8-9,11H2. The number of rotatable bonds is 6. The SMILES string of the molecule is OCCN(Cc1nc(-c2ccoc2)no1)C1CCc2ccccc21. The van der Waals surface area contributed by atoms with Crippen LogP contribution in [-0.4, -0.2) is 33.3 Å². The van der Waals surface area contributed by atoms with Crippen molar-refractivity contribution < 1.29 is 14.0 Å². The Bertz CT molecular complexity index is 797. The van der Waals surface area contributed by atoms with Crippen molar-refractivity contribution >= 4 is 0 Å². The maximum atomic E-state index is 9.46. The summed E-state index contributed by atoms with van der Waals surface area (Å²) in [6.45, 7) is 1.19. The van der Waals surface area contributed by atoms with Crippen molar-refractivity contribution in [2.75, 3.05) is 13.2 Å². The Hall–Kier alpha value is -2.44. The van der Waals surface area contributed by atoms with E-state index in [2.05, 4.69) is 39.3 Å². The van der Waals surface area contributed by atoms with E-state index in [0.29, 0.717) is 24.8 Å². The van der Waals surface area contributed by atoms with Gasteiger partial charge in [0.1, 0.15) is 6.26 Å². The van der Waals surface area contributed by atoms with Gasteiger partial charge >= 0.3 is 0 Å². The van der Waals surface area contributed by atoms with Gasteiger partial charge in [0, 0.05) is 12.6 Å². The van der Waals surface area contributed by atoms with Crippen molar-refractivity contribution in [2.24, 2.45) is 0 Å². The van der Waals surface area contributed by atoms with Gasteiger partial charge in [0.25, 0.3) is 0 Å². The van der Waals surface area contributed by atoms with Gasteiger partial charge in [0.05, 0.1) is 25.0 Å². The Morgan fingerprint density at radius 2 is 2.17 bits per heavy atom. The number of fused-ring (bicyclic) bond motifs is 1. The quantitative estimate of drug-likeness (QED) is 0.751. The molecule has 6 nitrogen and oxygen atoms in total. The number of furan rings is 1. The van der Waals surface area contributed by atoms with Crippen LogP contribution in [0.4, 0.5) is 0 Å². The number of aliphatic hydroxyl groups is 1. The van der Waals surface area contributed by atoms with Crippen LogP contribution in [0.3, 0.4) is 0 Å². The number of hydrogen-bond acceptors (Lipinski definition) is 6. The number of benzene rings is 1. The van der Waals surface area contributed by atoms with Gasteiger partial charge in [-0.2, -0.15) is 4.98 Å². The van der Waals surface area contributed by atoms with Crippen LogP contribution in [-0.2, 0) is 13.0 Å². The molecule has 0 bridgehead atoms. The van der Waals surface area contributed by atoms with E-state index in [1.807, 2.05) is 0 Å². The highest BCUT2D eigenvalue weighted by Crippen LogP contribution is 2.36. The van der Waals surface area contributed by atoms with E-state index in [4.69, 9.17) is 8.94 Å². The van der Waals surface area contributed by atoms with Crippen LogP contribution < -0.4 is 0 Å². The molecular formula is C18H19N3O3. The predicted molar refractivity (Wildman–Crippen MR) is 87.0 cm³/mol. The van der Waals surface area contributed by atoms with E-state index in [1.54, 1.807) is 18.6 Å². The molecule has 0 radical (unpaired) electrons. The molecule has 4 rings (SSSR count). The van der Waals surface area contributed by atoms with Gasteiger partial charge in [-0.3, -0.25) is 4.90 Å². The van der Waals surface area contributed by atoms with E-state index in [9.17, 15) is 5.11 Å². The topological polar surface area (TPSA) is 75.5 Å². The second-order valence-electron chi connectivity index (χ2n) is 5.97. The summed E-state index contributed by atoms with van der Waals surface area (Å²) in [6, 6.07) is 10.6. The second kappa shape index (κ2) is 6.59. The van der Waals surface area contributed by atoms with Crippen LogP contribution in [0.25, 0.3) is 11.4 Å². The molecule has 0 saturated carbocycles. The Morgan fingerprint density at radius 1 is 1.25 bits per heavy atom. The maximum absolute atomic E-state index is 9.46. The molecule has 1 N–H and O–H groups in total. The molecule has 1 atom stereocenters. The summed E-state index contributed by atoms with van der Waals surface area (Å²) < 4.78 is 10.4. The summed E-state index contributed by atoms with van der Waals surface area (Å²) >= 11 is 0. The fourth-order valence-electron chi connectivity index (χ4n) is 3.39. The molecule has 6 heteroatoms. The van der Waals surface area contributed by atoms with Crippen molar-refractivity contribution in [3.05, 3.63) is 59.9 Å². The van der Waals surface area contributed by atoms with Crippen LogP contribution in [0.2, 0.25) is 0 Å². The van der Waals surface area contributed by atoms with Crippen LogP contribution in [0.15, 0.2) is 51.8 Å². The first kappa shape index (κ1) is 15.1. The Morgan fingerprint density at radius 3 is 3.00 bits per heavy atom. The van der Waals surface area contributed by atoms with Crippen LogP contribution >= 0.6 is 0 Å². The summed E-state index contributed by atoms with van der Waals surface area (Å²) in [5.74, 6) is 1.07. The summed E-state index contributed by atoms with van der Waals surface area (Å²) in [5, 5.41) is 13.5. The fraction of sp³-hybridized carbons (Fsp3) is 0.333. The summed E-state index contributed by atoms with van der Waals surface area (Å²) in [7, 11) is 0. The van der Waals surface area contributed by atoms with Crippen molar-refractivity contribution in [2.45, 2.75) is 25.4 Å². The average Bonchev–Trinajstić information content (AvgIpc) is 3.34. The molecule has 0 fully saturated rings. The minimum atomic E-state index is 0.0986. The average molecular weight is 325 g/mol. The highest BCUT2D eigenvalue weighted by atomic mass is 16.5. The number of nitrogens with zero attached hydrogens (tertiary/aromatic N) is 3. The van der Waals surface area contributed by atoms with Crippen LogP contribution in [0.1, 0.15) is 29.5 Å². The van der Waals surface area contributed by atoms with Gasteiger partial charge in [0.15, 0.2) is 0 Å². The van der Waals surface area contributed by atoms with E-state index >= 15 is 0 Å². The number of hydrogen-bond donors (Lipinski definition) is 1. The molecule has 24 heavy (non-hydrogen) atoms. The first-order chi connectivity index (χ1) is 11.8. The minimum absolute atomic E-state index is 0.0986. The number of aryl methyl sites for hydroxylation is 1. The zero-order chi connectivity index (χ0) is 16.4. The van der Waals surface area contributed by atoms with E-state index < -0.39 is 0 Å². The van der Waals surface area contributed by atoms with Crippen molar-refractivity contribution in [1.82, 2.24) is 15.0 Å². The molecule has 124 valence electrons. The zero-order valence-corrected chi connectivity index (χ0v) is 13.3. The molecule has 0 spiro atoms. The molecule has 3 aromatic rings. The monoisotopic (exact) mass is 325 g/mol. The van der Waals surface area contributed by atoms with E-state index in [0.717, 1.165) is 18.4 Å². The van der Waals surface area contributed by atoms with Crippen LogP contribution in [0.5, 0.6) is 0 Å². The Balaban J connectivity index is 1.54. The Labute approximate surface area is 139 Å². The van der Waals surface area contributed by atoms with Gasteiger partial charge in [-0.15, -0.1) is 0 Å². The van der Waals surface area contributed by atoms with Gasteiger partial charge in [-0.1, -0.05) is 29.4 Å². The molecular weight excluding hydrogens is 306 g/mol. The molecule has 2 aromatic heterocycles. The molecule has 1 aliphatic carbocycles. The third-order valence-electron chi connectivity index (χ3n) is 4.52. The third-order valence-corrected chi connectivity index (χ3v) is 4.52. The normalized spacial score (nSPS) is 16.7. The molecule has 0 aliphatic heterocycles. The minimum Gasteiger partial charge on any atom is -0.472 e. The summed E-state index contributed by atoms with van der Waals surface area (Å²) in [5.41, 5.74) is 3.51. The lowest BCUT2D eigenvalue weighted by molar-refractivity contribution is 0.128. The van der Waals surface area contributed by atoms with Crippen molar-refractivity contribution in [3.8, 4) is 11.4 Å². The predicted octanol–water partition coefficient (Wildman–Crippen LogP) is 2.81. The molecule has 0 saturated heterocycles.